The molecule has 0 aliphatic heterocycles. The number of imidazole rings is 1. The second kappa shape index (κ2) is 9.70. The van der Waals surface area contributed by atoms with Crippen molar-refractivity contribution in [3.8, 4) is 5.75 Å². The van der Waals surface area contributed by atoms with E-state index >= 15 is 0 Å². The van der Waals surface area contributed by atoms with E-state index < -0.39 is 17.4 Å². The van der Waals surface area contributed by atoms with Crippen LogP contribution in [-0.4, -0.2) is 54.8 Å². The van der Waals surface area contributed by atoms with Gasteiger partial charge in [0.05, 0.1) is 43.4 Å². The fourth-order valence-corrected chi connectivity index (χ4v) is 4.99. The molecular weight excluding hydrogens is 494 g/mol. The Kier molecular flexibility index (Phi) is 6.91. The number of aliphatic hydroxyl groups excluding tert-OH is 2. The van der Waals surface area contributed by atoms with E-state index in [0.29, 0.717) is 24.7 Å². The molecule has 2 aromatic heterocycles. The summed E-state index contributed by atoms with van der Waals surface area (Å²) in [7, 11) is 1.59. The summed E-state index contributed by atoms with van der Waals surface area (Å²) < 4.78 is 10.3. The van der Waals surface area contributed by atoms with Gasteiger partial charge >= 0.3 is 5.69 Å². The molecule has 0 unspecified atom stereocenters. The number of nitrogens with zero attached hydrogens (tertiary/aromatic N) is 4. The van der Waals surface area contributed by atoms with Crippen LogP contribution in [0, 0.1) is 0 Å². The highest BCUT2D eigenvalue weighted by Gasteiger charge is 2.28. The standard InChI is InChI=1S/C22H28BrN5O5/c1-3-26-20(31)18-19(27(9-10-29)22(26)32)25-21(24-15-5-4-6-16(15)30)28(18)12-13-7-8-17(33-2)14(23)11-13/h7-8,11,15-16,29-30H,3-6,9-10,12H2,1-2H3,(H,24,25)/t15-,16+/m0/s1. The molecule has 33 heavy (non-hydrogen) atoms. The number of hydrogen-bond acceptors (Lipinski definition) is 7. The van der Waals surface area contributed by atoms with Gasteiger partial charge in [-0.1, -0.05) is 6.07 Å². The minimum atomic E-state index is -0.514. The van der Waals surface area contributed by atoms with Gasteiger partial charge in [0, 0.05) is 6.54 Å². The van der Waals surface area contributed by atoms with Crippen molar-refractivity contribution in [2.75, 3.05) is 19.0 Å². The Bertz CT molecular complexity index is 1280. The highest BCUT2D eigenvalue weighted by molar-refractivity contribution is 9.10. The van der Waals surface area contributed by atoms with Gasteiger partial charge in [0.15, 0.2) is 11.2 Å². The minimum absolute atomic E-state index is 0.0200. The molecule has 4 rings (SSSR count). The maximum Gasteiger partial charge on any atom is 0.332 e. The van der Waals surface area contributed by atoms with Crippen molar-refractivity contribution in [1.29, 1.82) is 0 Å². The third kappa shape index (κ3) is 4.32. The number of aromatic nitrogens is 4. The predicted octanol–water partition coefficient (Wildman–Crippen LogP) is 1.52. The number of rotatable bonds is 8. The molecule has 0 amide bonds. The van der Waals surface area contributed by atoms with Crippen LogP contribution in [0.4, 0.5) is 5.95 Å². The van der Waals surface area contributed by atoms with Crippen LogP contribution in [-0.2, 0) is 19.6 Å². The molecule has 10 nitrogen and oxygen atoms in total. The third-order valence-corrected chi connectivity index (χ3v) is 6.72. The molecule has 11 heteroatoms. The molecule has 0 radical (unpaired) electrons. The second-order valence-corrected chi connectivity index (χ2v) is 8.97. The van der Waals surface area contributed by atoms with Crippen LogP contribution >= 0.6 is 15.9 Å². The van der Waals surface area contributed by atoms with Crippen LogP contribution in [0.15, 0.2) is 32.3 Å². The number of ether oxygens (including phenoxy) is 1. The Hall–Kier alpha value is -2.63. The molecule has 3 N–H and O–H groups in total. The van der Waals surface area contributed by atoms with Gasteiger partial charge in [0.25, 0.3) is 5.56 Å². The molecule has 0 spiro atoms. The van der Waals surface area contributed by atoms with Crippen molar-refractivity contribution in [3.63, 3.8) is 0 Å². The first-order chi connectivity index (χ1) is 15.9. The Morgan fingerprint density at radius 2 is 2.03 bits per heavy atom. The van der Waals surface area contributed by atoms with Crippen molar-refractivity contribution in [3.05, 3.63) is 49.1 Å². The molecule has 0 saturated heterocycles. The molecule has 3 aromatic rings. The summed E-state index contributed by atoms with van der Waals surface area (Å²) in [5, 5.41) is 23.2. The van der Waals surface area contributed by atoms with E-state index in [4.69, 9.17) is 4.74 Å². The predicted molar refractivity (Wildman–Crippen MR) is 128 cm³/mol. The van der Waals surface area contributed by atoms with Gasteiger partial charge in [0.2, 0.25) is 5.95 Å². The lowest BCUT2D eigenvalue weighted by Crippen LogP contribution is -2.40. The topological polar surface area (TPSA) is 124 Å². The van der Waals surface area contributed by atoms with Crippen LogP contribution in [0.5, 0.6) is 5.75 Å². The molecular formula is C22H28BrN5O5. The summed E-state index contributed by atoms with van der Waals surface area (Å²) in [5.41, 5.74) is 0.428. The molecule has 2 atom stereocenters. The Balaban J connectivity index is 1.93. The second-order valence-electron chi connectivity index (χ2n) is 8.12. The number of hydrogen-bond donors (Lipinski definition) is 3. The number of nitrogens with one attached hydrogen (secondary N) is 1. The summed E-state index contributed by atoms with van der Waals surface area (Å²) >= 11 is 3.50. The van der Waals surface area contributed by atoms with Gasteiger partial charge in [-0.05, 0) is 59.8 Å². The molecule has 1 aliphatic carbocycles. The van der Waals surface area contributed by atoms with Crippen LogP contribution in [0.25, 0.3) is 11.2 Å². The van der Waals surface area contributed by atoms with Gasteiger partial charge < -0.3 is 20.3 Å². The van der Waals surface area contributed by atoms with Gasteiger partial charge in [-0.2, -0.15) is 4.98 Å². The molecule has 2 heterocycles. The zero-order chi connectivity index (χ0) is 23.7. The summed E-state index contributed by atoms with van der Waals surface area (Å²) in [6, 6.07) is 5.43. The Labute approximate surface area is 198 Å². The highest BCUT2D eigenvalue weighted by atomic mass is 79.9. The van der Waals surface area contributed by atoms with Crippen molar-refractivity contribution >= 4 is 33.0 Å². The molecule has 1 aliphatic rings. The monoisotopic (exact) mass is 521 g/mol. The van der Waals surface area contributed by atoms with Crippen LogP contribution in [0.1, 0.15) is 31.7 Å². The SMILES string of the molecule is CCn1c(=O)c2c(nc(N[C@H]3CCC[C@H]3O)n2Cc2ccc(OC)c(Br)c2)n(CCO)c1=O. The van der Waals surface area contributed by atoms with Gasteiger partial charge in [0.1, 0.15) is 5.75 Å². The Morgan fingerprint density at radius 3 is 2.64 bits per heavy atom. The van der Waals surface area contributed by atoms with Crippen LogP contribution < -0.4 is 21.3 Å². The average molecular weight is 522 g/mol. The molecule has 1 aromatic carbocycles. The fourth-order valence-electron chi connectivity index (χ4n) is 4.40. The highest BCUT2D eigenvalue weighted by Crippen LogP contribution is 2.28. The van der Waals surface area contributed by atoms with E-state index in [1.807, 2.05) is 18.2 Å². The zero-order valence-electron chi connectivity index (χ0n) is 18.6. The first-order valence-corrected chi connectivity index (χ1v) is 11.8. The van der Waals surface area contributed by atoms with E-state index in [1.54, 1.807) is 18.6 Å². The molecule has 0 bridgehead atoms. The maximum absolute atomic E-state index is 13.3. The van der Waals surface area contributed by atoms with Gasteiger partial charge in [-0.15, -0.1) is 0 Å². The molecule has 178 valence electrons. The third-order valence-electron chi connectivity index (χ3n) is 6.11. The van der Waals surface area contributed by atoms with E-state index in [-0.39, 0.29) is 36.9 Å². The van der Waals surface area contributed by atoms with Gasteiger partial charge in [-0.3, -0.25) is 18.5 Å². The summed E-state index contributed by atoms with van der Waals surface area (Å²) in [6.07, 6.45) is 1.85. The minimum Gasteiger partial charge on any atom is -0.496 e. The van der Waals surface area contributed by atoms with E-state index in [0.717, 1.165) is 27.4 Å². The summed E-state index contributed by atoms with van der Waals surface area (Å²) in [4.78, 5) is 30.9. The van der Waals surface area contributed by atoms with Crippen LogP contribution in [0.3, 0.4) is 0 Å². The lowest BCUT2D eigenvalue weighted by Gasteiger charge is -2.18. The van der Waals surface area contributed by atoms with Crippen molar-refractivity contribution < 1.29 is 14.9 Å². The number of methoxy groups -OCH3 is 1. The molecule has 1 fully saturated rings. The summed E-state index contributed by atoms with van der Waals surface area (Å²) in [5.74, 6) is 1.09. The van der Waals surface area contributed by atoms with Crippen molar-refractivity contribution in [2.45, 2.75) is 58.0 Å². The fraction of sp³-hybridized carbons (Fsp3) is 0.500. The number of halogens is 1. The lowest BCUT2D eigenvalue weighted by molar-refractivity contribution is 0.171. The lowest BCUT2D eigenvalue weighted by atomic mass is 10.2. The largest absolute Gasteiger partial charge is 0.496 e. The van der Waals surface area contributed by atoms with E-state index in [9.17, 15) is 19.8 Å². The number of aliphatic hydroxyl groups is 2. The first-order valence-electron chi connectivity index (χ1n) is 11.0. The zero-order valence-corrected chi connectivity index (χ0v) is 20.2. The maximum atomic E-state index is 13.3. The normalized spacial score (nSPS) is 18.2. The van der Waals surface area contributed by atoms with Crippen molar-refractivity contribution in [1.82, 2.24) is 18.7 Å². The van der Waals surface area contributed by atoms with E-state index in [1.165, 1.54) is 4.57 Å². The van der Waals surface area contributed by atoms with Gasteiger partial charge in [-0.25, -0.2) is 4.79 Å². The Morgan fingerprint density at radius 1 is 1.24 bits per heavy atom. The number of anilines is 1. The van der Waals surface area contributed by atoms with Crippen LogP contribution in [0.2, 0.25) is 0 Å². The summed E-state index contributed by atoms with van der Waals surface area (Å²) in [6.45, 7) is 1.99. The van der Waals surface area contributed by atoms with Crippen molar-refractivity contribution in [2.24, 2.45) is 0 Å². The smallest absolute Gasteiger partial charge is 0.332 e. The quantitative estimate of drug-likeness (QED) is 0.410. The number of fused-ring (bicyclic) bond motifs is 1. The average Bonchev–Trinajstić information content (AvgIpc) is 3.35. The molecule has 1 saturated carbocycles. The van der Waals surface area contributed by atoms with E-state index in [2.05, 4.69) is 26.2 Å². The number of benzene rings is 1. The first kappa shape index (κ1) is 23.5.